The van der Waals surface area contributed by atoms with Gasteiger partial charge >= 0.3 is 126 Å². The first-order chi connectivity index (χ1) is 8.23. The molecule has 2 rings (SSSR count). The Balaban J connectivity index is 2.69. The summed E-state index contributed by atoms with van der Waals surface area (Å²) in [7, 11) is 12.7. The molecule has 0 spiro atoms. The minimum atomic E-state index is -2.31. The predicted molar refractivity (Wildman–Crippen MR) is 78.0 cm³/mol. The molecule has 0 heterocycles. The van der Waals surface area contributed by atoms with Gasteiger partial charge in [0.25, 0.3) is 0 Å². The first-order valence-corrected chi connectivity index (χ1v) is 14.0. The Morgan fingerprint density at radius 1 is 1.11 bits per heavy atom. The number of halogens is 2. The molecule has 3 heteroatoms. The molecule has 0 amide bonds. The normalized spacial score (nSPS) is 18.6. The van der Waals surface area contributed by atoms with Crippen LogP contribution in [0.15, 0.2) is 17.7 Å². The van der Waals surface area contributed by atoms with Crippen LogP contribution in [0.4, 0.5) is 0 Å². The summed E-state index contributed by atoms with van der Waals surface area (Å²) in [5.74, 6) is 0. The zero-order valence-electron chi connectivity index (χ0n) is 11.6. The molecule has 1 atom stereocenters. The predicted octanol–water partition coefficient (Wildman–Crippen LogP) is 5.68. The Kier molecular flexibility index (Phi) is 4.18. The Morgan fingerprint density at radius 2 is 1.72 bits per heavy atom. The minimum absolute atomic E-state index is 0.158. The van der Waals surface area contributed by atoms with Crippen molar-refractivity contribution in [1.29, 1.82) is 0 Å². The number of fused-ring (bicyclic) bond motifs is 1. The number of hydrogen-bond acceptors (Lipinski definition) is 0. The van der Waals surface area contributed by atoms with E-state index in [4.69, 9.17) is 17.0 Å². The molecule has 0 N–H and O–H groups in total. The van der Waals surface area contributed by atoms with Crippen molar-refractivity contribution in [2.75, 3.05) is 0 Å². The van der Waals surface area contributed by atoms with E-state index < -0.39 is 19.4 Å². The van der Waals surface area contributed by atoms with Crippen LogP contribution in [0.1, 0.15) is 53.6 Å². The standard InChI is InChI=1S/C15H19.2ClH.Zr/c1-10-8-12-11(2)6-7-14(13(12)9-10)15(3,4)5;;;/h6-9H,1-5H3;2*1H;/q;;;+2/p-2. The van der Waals surface area contributed by atoms with Crippen LogP contribution >= 0.6 is 17.0 Å². The van der Waals surface area contributed by atoms with Gasteiger partial charge in [0.05, 0.1) is 0 Å². The Labute approximate surface area is 125 Å². The van der Waals surface area contributed by atoms with Gasteiger partial charge in [-0.2, -0.15) is 0 Å². The van der Waals surface area contributed by atoms with Gasteiger partial charge in [-0.3, -0.25) is 0 Å². The molecule has 0 aliphatic heterocycles. The van der Waals surface area contributed by atoms with Gasteiger partial charge in [0.2, 0.25) is 0 Å². The maximum atomic E-state index is 6.37. The van der Waals surface area contributed by atoms with Crippen molar-refractivity contribution in [2.24, 2.45) is 0 Å². The molecule has 1 aromatic rings. The SMILES string of the molecule is CC1=Cc2c(C(C)(C)C)ccc(C)c2[CH]1[Zr]([Cl])[Cl]. The van der Waals surface area contributed by atoms with E-state index in [0.717, 1.165) is 0 Å². The van der Waals surface area contributed by atoms with Gasteiger partial charge < -0.3 is 0 Å². The molecule has 1 aliphatic carbocycles. The van der Waals surface area contributed by atoms with Crippen LogP contribution in [0, 0.1) is 6.92 Å². The molecule has 0 aromatic heterocycles. The fourth-order valence-corrected chi connectivity index (χ4v) is 8.61. The van der Waals surface area contributed by atoms with E-state index in [0.29, 0.717) is 3.63 Å². The molecule has 18 heavy (non-hydrogen) atoms. The fourth-order valence-electron chi connectivity index (χ4n) is 2.76. The van der Waals surface area contributed by atoms with Crippen molar-refractivity contribution in [3.05, 3.63) is 40.0 Å². The number of allylic oxidation sites excluding steroid dienone is 1. The Hall–Kier alpha value is 0.423. The number of rotatable bonds is 1. The molecule has 1 unspecified atom stereocenters. The molecule has 1 aliphatic rings. The first-order valence-electron chi connectivity index (χ1n) is 6.23. The van der Waals surface area contributed by atoms with Crippen molar-refractivity contribution in [3.8, 4) is 0 Å². The summed E-state index contributed by atoms with van der Waals surface area (Å²) < 4.78 is 0.341. The summed E-state index contributed by atoms with van der Waals surface area (Å²) in [4.78, 5) is 0. The van der Waals surface area contributed by atoms with Gasteiger partial charge in [0.15, 0.2) is 0 Å². The number of benzene rings is 1. The molecule has 97 valence electrons. The van der Waals surface area contributed by atoms with Crippen LogP contribution in [0.3, 0.4) is 0 Å². The van der Waals surface area contributed by atoms with E-state index >= 15 is 0 Å². The molecule has 0 saturated carbocycles. The van der Waals surface area contributed by atoms with Gasteiger partial charge in [-0.15, -0.1) is 0 Å². The Bertz CT molecular complexity index is 510. The van der Waals surface area contributed by atoms with Crippen molar-refractivity contribution in [1.82, 2.24) is 0 Å². The summed E-state index contributed by atoms with van der Waals surface area (Å²) in [6.07, 6.45) is 2.30. The van der Waals surface area contributed by atoms with Gasteiger partial charge in [-0.25, -0.2) is 0 Å². The third-order valence-electron chi connectivity index (χ3n) is 3.65. The summed E-state index contributed by atoms with van der Waals surface area (Å²) in [5, 5.41) is 0. The molecule has 0 saturated heterocycles. The molecule has 0 bridgehead atoms. The summed E-state index contributed by atoms with van der Waals surface area (Å²) in [6, 6.07) is 4.48. The maximum absolute atomic E-state index is 6.37. The second kappa shape index (κ2) is 5.08. The quantitative estimate of drug-likeness (QED) is 0.604. The molecule has 0 fully saturated rings. The van der Waals surface area contributed by atoms with Gasteiger partial charge in [-0.05, 0) is 0 Å². The van der Waals surface area contributed by atoms with E-state index in [1.807, 2.05) is 0 Å². The second-order valence-electron chi connectivity index (χ2n) is 6.12. The van der Waals surface area contributed by atoms with E-state index in [2.05, 4.69) is 52.8 Å². The Morgan fingerprint density at radius 3 is 2.22 bits per heavy atom. The average molecular weight is 361 g/mol. The van der Waals surface area contributed by atoms with Gasteiger partial charge in [-0.1, -0.05) is 0 Å². The van der Waals surface area contributed by atoms with Crippen LogP contribution < -0.4 is 0 Å². The molecule has 1 aromatic carbocycles. The summed E-state index contributed by atoms with van der Waals surface area (Å²) >= 11 is -2.31. The average Bonchev–Trinajstić information content (AvgIpc) is 2.54. The molecule has 0 radical (unpaired) electrons. The van der Waals surface area contributed by atoms with Gasteiger partial charge in [0, 0.05) is 0 Å². The molecular weight excluding hydrogens is 342 g/mol. The van der Waals surface area contributed by atoms with Crippen molar-refractivity contribution in [2.45, 2.75) is 43.7 Å². The van der Waals surface area contributed by atoms with Crippen LogP contribution in [0.25, 0.3) is 6.08 Å². The van der Waals surface area contributed by atoms with E-state index in [1.165, 1.54) is 27.8 Å². The number of aryl methyl sites for hydroxylation is 1. The van der Waals surface area contributed by atoms with Crippen LogP contribution in [-0.4, -0.2) is 0 Å². The topological polar surface area (TPSA) is 0 Å². The molecular formula is C15H19Cl2Zr. The third kappa shape index (κ3) is 2.51. The van der Waals surface area contributed by atoms with Crippen LogP contribution in [0.2, 0.25) is 0 Å². The third-order valence-corrected chi connectivity index (χ3v) is 9.13. The van der Waals surface area contributed by atoms with Crippen LogP contribution in [0.5, 0.6) is 0 Å². The monoisotopic (exact) mass is 359 g/mol. The first kappa shape index (κ1) is 14.8. The van der Waals surface area contributed by atoms with E-state index in [-0.39, 0.29) is 5.41 Å². The zero-order valence-corrected chi connectivity index (χ0v) is 15.5. The van der Waals surface area contributed by atoms with Crippen molar-refractivity contribution in [3.63, 3.8) is 0 Å². The summed E-state index contributed by atoms with van der Waals surface area (Å²) in [5.41, 5.74) is 7.03. The van der Waals surface area contributed by atoms with Crippen LogP contribution in [-0.2, 0) is 24.8 Å². The van der Waals surface area contributed by atoms with Crippen molar-refractivity contribution < 1.29 is 19.4 Å². The zero-order chi connectivity index (χ0) is 13.7. The van der Waals surface area contributed by atoms with E-state index in [1.54, 1.807) is 0 Å². The van der Waals surface area contributed by atoms with Crippen molar-refractivity contribution >= 4 is 23.1 Å². The van der Waals surface area contributed by atoms with E-state index in [9.17, 15) is 0 Å². The number of hydrogen-bond donors (Lipinski definition) is 0. The fraction of sp³-hybridized carbons (Fsp3) is 0.467. The van der Waals surface area contributed by atoms with Gasteiger partial charge in [0.1, 0.15) is 0 Å². The molecule has 0 nitrogen and oxygen atoms in total. The summed E-state index contributed by atoms with van der Waals surface area (Å²) in [6.45, 7) is 11.1. The second-order valence-corrected chi connectivity index (χ2v) is 14.9.